The van der Waals surface area contributed by atoms with Crippen LogP contribution in [0.4, 0.5) is 21.9 Å². The summed E-state index contributed by atoms with van der Waals surface area (Å²) < 4.78 is 0. The molecule has 0 saturated carbocycles. The van der Waals surface area contributed by atoms with Gasteiger partial charge in [0.15, 0.2) is 0 Å². The van der Waals surface area contributed by atoms with Crippen LogP contribution in [0.2, 0.25) is 0 Å². The largest absolute Gasteiger partial charge is 0.326 e. The number of hydrogen-bond donors (Lipinski definition) is 2. The van der Waals surface area contributed by atoms with E-state index in [-0.39, 0.29) is 11.9 Å². The first-order chi connectivity index (χ1) is 15.5. The van der Waals surface area contributed by atoms with Crippen molar-refractivity contribution in [2.75, 3.05) is 16.8 Å². The van der Waals surface area contributed by atoms with Crippen LogP contribution in [0.25, 0.3) is 0 Å². The van der Waals surface area contributed by atoms with Crippen LogP contribution in [-0.4, -0.2) is 30.2 Å². The highest BCUT2D eigenvalue weighted by atomic mass is 16.2. The van der Waals surface area contributed by atoms with Crippen molar-refractivity contribution < 1.29 is 9.59 Å². The molecule has 0 radical (unpaired) electrons. The molecule has 0 aromatic heterocycles. The van der Waals surface area contributed by atoms with Gasteiger partial charge in [-0.3, -0.25) is 14.7 Å². The lowest BCUT2D eigenvalue weighted by molar-refractivity contribution is -0.117. The Morgan fingerprint density at radius 1 is 0.938 bits per heavy atom. The number of anilines is 2. The summed E-state index contributed by atoms with van der Waals surface area (Å²) in [5.74, 6) is -0.257. The van der Waals surface area contributed by atoms with Crippen molar-refractivity contribution >= 4 is 34.7 Å². The van der Waals surface area contributed by atoms with Crippen LogP contribution < -0.4 is 15.5 Å². The highest BCUT2D eigenvalue weighted by Gasteiger charge is 2.28. The standard InChI is InChI=1S/C26H26N4O2/c1-18-10-6-7-13-21(18)28-25(31)23(16-20-11-4-3-5-12-20)29-26(32)30-17-19(2)27-22-14-8-9-15-24(22)30/h3-15,23H,16-17H2,1-2H3,(H,28,31)(H,29,32)/t23-/m1/s1. The topological polar surface area (TPSA) is 73.8 Å². The third kappa shape index (κ3) is 4.86. The van der Waals surface area contributed by atoms with Crippen LogP contribution in [0.1, 0.15) is 18.1 Å². The fourth-order valence-corrected chi connectivity index (χ4v) is 3.74. The zero-order valence-electron chi connectivity index (χ0n) is 18.2. The van der Waals surface area contributed by atoms with E-state index in [9.17, 15) is 9.59 Å². The van der Waals surface area contributed by atoms with Gasteiger partial charge in [-0.2, -0.15) is 0 Å². The quantitative estimate of drug-likeness (QED) is 0.611. The molecule has 3 aromatic rings. The van der Waals surface area contributed by atoms with Gasteiger partial charge in [0.1, 0.15) is 6.04 Å². The van der Waals surface area contributed by atoms with Crippen molar-refractivity contribution in [3.05, 3.63) is 90.0 Å². The maximum Gasteiger partial charge on any atom is 0.322 e. The molecule has 0 saturated heterocycles. The Labute approximate surface area is 188 Å². The highest BCUT2D eigenvalue weighted by molar-refractivity contribution is 6.07. The first-order valence-electron chi connectivity index (χ1n) is 10.6. The van der Waals surface area contributed by atoms with Crippen LogP contribution in [0.15, 0.2) is 83.9 Å². The van der Waals surface area contributed by atoms with E-state index >= 15 is 0 Å². The van der Waals surface area contributed by atoms with Gasteiger partial charge in [0.05, 0.1) is 17.9 Å². The van der Waals surface area contributed by atoms with Crippen LogP contribution in [-0.2, 0) is 11.2 Å². The number of benzene rings is 3. The van der Waals surface area contributed by atoms with Gasteiger partial charge < -0.3 is 10.6 Å². The van der Waals surface area contributed by atoms with Gasteiger partial charge in [-0.25, -0.2) is 4.79 Å². The molecule has 32 heavy (non-hydrogen) atoms. The monoisotopic (exact) mass is 426 g/mol. The van der Waals surface area contributed by atoms with Crippen LogP contribution >= 0.6 is 0 Å². The second-order valence-corrected chi connectivity index (χ2v) is 7.92. The Kier molecular flexibility index (Phi) is 6.31. The van der Waals surface area contributed by atoms with Gasteiger partial charge in [-0.15, -0.1) is 0 Å². The van der Waals surface area contributed by atoms with Crippen molar-refractivity contribution in [3.63, 3.8) is 0 Å². The predicted molar refractivity (Wildman–Crippen MR) is 129 cm³/mol. The average molecular weight is 427 g/mol. The first-order valence-corrected chi connectivity index (χ1v) is 10.6. The SMILES string of the molecule is CC1=Nc2ccccc2N(C(=O)N[C@H](Cc2ccccc2)C(=O)Nc2ccccc2C)C1. The average Bonchev–Trinajstić information content (AvgIpc) is 2.80. The third-order valence-electron chi connectivity index (χ3n) is 5.42. The number of nitrogens with one attached hydrogen (secondary N) is 2. The number of hydrogen-bond acceptors (Lipinski definition) is 3. The lowest BCUT2D eigenvalue weighted by Gasteiger charge is -2.29. The number of carbonyl (C=O) groups is 2. The molecule has 3 amide bonds. The van der Waals surface area contributed by atoms with E-state index in [1.54, 1.807) is 4.90 Å². The Balaban J connectivity index is 1.57. The second-order valence-electron chi connectivity index (χ2n) is 7.92. The minimum absolute atomic E-state index is 0.257. The van der Waals surface area contributed by atoms with Crippen molar-refractivity contribution in [1.82, 2.24) is 5.32 Å². The minimum atomic E-state index is -0.740. The van der Waals surface area contributed by atoms with E-state index in [4.69, 9.17) is 0 Å². The zero-order valence-corrected chi connectivity index (χ0v) is 18.2. The van der Waals surface area contributed by atoms with Gasteiger partial charge >= 0.3 is 6.03 Å². The second kappa shape index (κ2) is 9.47. The number of carbonyl (C=O) groups excluding carboxylic acids is 2. The summed E-state index contributed by atoms with van der Waals surface area (Å²) in [6.45, 7) is 4.20. The van der Waals surface area contributed by atoms with E-state index < -0.39 is 6.04 Å². The smallest absolute Gasteiger partial charge is 0.322 e. The number of para-hydroxylation sites is 3. The lowest BCUT2D eigenvalue weighted by Crippen LogP contribution is -2.52. The normalized spacial score (nSPS) is 13.6. The van der Waals surface area contributed by atoms with E-state index in [1.165, 1.54) is 0 Å². The minimum Gasteiger partial charge on any atom is -0.326 e. The number of aliphatic imine (C=N–C) groups is 1. The Morgan fingerprint density at radius 2 is 1.62 bits per heavy atom. The fraction of sp³-hybridized carbons (Fsp3) is 0.192. The molecule has 0 unspecified atom stereocenters. The lowest BCUT2D eigenvalue weighted by atomic mass is 10.0. The van der Waals surface area contributed by atoms with Crippen molar-refractivity contribution in [1.29, 1.82) is 0 Å². The van der Waals surface area contributed by atoms with Crippen molar-refractivity contribution in [2.24, 2.45) is 4.99 Å². The maximum absolute atomic E-state index is 13.3. The van der Waals surface area contributed by atoms with Crippen molar-refractivity contribution in [3.8, 4) is 0 Å². The summed E-state index contributed by atoms with van der Waals surface area (Å²) >= 11 is 0. The molecule has 0 fully saturated rings. The Bertz CT molecular complexity index is 1160. The number of urea groups is 1. The summed E-state index contributed by atoms with van der Waals surface area (Å²) in [6, 6.07) is 23.7. The molecular formula is C26H26N4O2. The maximum atomic E-state index is 13.3. The van der Waals surface area contributed by atoms with Crippen LogP contribution in [0.5, 0.6) is 0 Å². The number of nitrogens with zero attached hydrogens (tertiary/aromatic N) is 2. The molecule has 2 N–H and O–H groups in total. The molecular weight excluding hydrogens is 400 g/mol. The third-order valence-corrected chi connectivity index (χ3v) is 5.42. The molecule has 162 valence electrons. The Hall–Kier alpha value is -3.93. The molecule has 0 spiro atoms. The van der Waals surface area contributed by atoms with E-state index in [0.717, 1.165) is 33.9 Å². The molecule has 6 heteroatoms. The number of rotatable bonds is 5. The number of fused-ring (bicyclic) bond motifs is 1. The predicted octanol–water partition coefficient (Wildman–Crippen LogP) is 4.87. The fourth-order valence-electron chi connectivity index (χ4n) is 3.74. The summed E-state index contributed by atoms with van der Waals surface area (Å²) in [5, 5.41) is 5.93. The number of aryl methyl sites for hydroxylation is 1. The zero-order chi connectivity index (χ0) is 22.5. The van der Waals surface area contributed by atoms with Crippen LogP contribution in [0, 0.1) is 6.92 Å². The molecule has 1 aliphatic rings. The van der Waals surface area contributed by atoms with E-state index in [2.05, 4.69) is 15.6 Å². The van der Waals surface area contributed by atoms with E-state index in [0.29, 0.717) is 13.0 Å². The Morgan fingerprint density at radius 3 is 2.41 bits per heavy atom. The summed E-state index contributed by atoms with van der Waals surface area (Å²) in [4.78, 5) is 32.7. The molecule has 1 aliphatic heterocycles. The van der Waals surface area contributed by atoms with Crippen LogP contribution in [0.3, 0.4) is 0 Å². The van der Waals surface area contributed by atoms with Gasteiger partial charge in [0, 0.05) is 17.8 Å². The van der Waals surface area contributed by atoms with E-state index in [1.807, 2.05) is 92.7 Å². The van der Waals surface area contributed by atoms with Gasteiger partial charge in [-0.05, 0) is 43.2 Å². The van der Waals surface area contributed by atoms with Gasteiger partial charge in [0.25, 0.3) is 0 Å². The molecule has 0 aliphatic carbocycles. The van der Waals surface area contributed by atoms with Gasteiger partial charge in [0.2, 0.25) is 5.91 Å². The molecule has 1 atom stereocenters. The molecule has 6 nitrogen and oxygen atoms in total. The summed E-state index contributed by atoms with van der Waals surface area (Å²) in [5.41, 5.74) is 4.97. The van der Waals surface area contributed by atoms with Gasteiger partial charge in [-0.1, -0.05) is 60.7 Å². The molecule has 3 aromatic carbocycles. The molecule has 1 heterocycles. The molecule has 4 rings (SSSR count). The highest BCUT2D eigenvalue weighted by Crippen LogP contribution is 2.31. The summed E-state index contributed by atoms with van der Waals surface area (Å²) in [6.07, 6.45) is 0.382. The molecule has 0 bridgehead atoms. The first kappa shape index (κ1) is 21.3. The number of amides is 3. The van der Waals surface area contributed by atoms with Crippen molar-refractivity contribution in [2.45, 2.75) is 26.3 Å². The summed E-state index contributed by atoms with van der Waals surface area (Å²) in [7, 11) is 0.